The van der Waals surface area contributed by atoms with Gasteiger partial charge in [-0.1, -0.05) is 32.5 Å². The lowest BCUT2D eigenvalue weighted by Crippen LogP contribution is -2.08. The van der Waals surface area contributed by atoms with Crippen molar-refractivity contribution in [1.82, 2.24) is 9.97 Å². The zero-order chi connectivity index (χ0) is 13.0. The molecule has 1 aromatic heterocycles. The molecule has 1 unspecified atom stereocenters. The quantitative estimate of drug-likeness (QED) is 0.377. The SMILES string of the molecule is CNc1ncnc(SC(C)C(C)C)c1[N+](=O)[O-]. The predicted octanol–water partition coefficient (Wildman–Crippen LogP) is 2.56. The van der Waals surface area contributed by atoms with Crippen LogP contribution in [-0.4, -0.2) is 27.2 Å². The second kappa shape index (κ2) is 5.81. The van der Waals surface area contributed by atoms with Gasteiger partial charge >= 0.3 is 5.69 Å². The van der Waals surface area contributed by atoms with Crippen LogP contribution in [0.4, 0.5) is 11.5 Å². The van der Waals surface area contributed by atoms with E-state index in [0.29, 0.717) is 10.9 Å². The molecule has 0 radical (unpaired) electrons. The summed E-state index contributed by atoms with van der Waals surface area (Å²) in [5, 5.41) is 14.4. The average Bonchev–Trinajstić information content (AvgIpc) is 2.27. The number of rotatable bonds is 5. The fourth-order valence-corrected chi connectivity index (χ4v) is 2.12. The van der Waals surface area contributed by atoms with E-state index in [1.165, 1.54) is 18.1 Å². The molecule has 0 amide bonds. The molecule has 1 rings (SSSR count). The van der Waals surface area contributed by atoms with Crippen LogP contribution in [-0.2, 0) is 0 Å². The molecule has 6 nitrogen and oxygen atoms in total. The molecule has 0 aliphatic carbocycles. The van der Waals surface area contributed by atoms with E-state index in [0.717, 1.165) is 0 Å². The molecule has 0 saturated heterocycles. The topological polar surface area (TPSA) is 81.0 Å². The van der Waals surface area contributed by atoms with Gasteiger partial charge in [-0.05, 0) is 5.92 Å². The van der Waals surface area contributed by atoms with Gasteiger partial charge in [-0.2, -0.15) is 0 Å². The van der Waals surface area contributed by atoms with Crippen molar-refractivity contribution < 1.29 is 4.92 Å². The average molecular weight is 256 g/mol. The summed E-state index contributed by atoms with van der Waals surface area (Å²) < 4.78 is 0. The van der Waals surface area contributed by atoms with Crippen LogP contribution < -0.4 is 5.32 Å². The highest BCUT2D eigenvalue weighted by atomic mass is 32.2. The number of thioether (sulfide) groups is 1. The molecule has 0 aromatic carbocycles. The molecular weight excluding hydrogens is 240 g/mol. The lowest BCUT2D eigenvalue weighted by atomic mass is 10.2. The monoisotopic (exact) mass is 256 g/mol. The first kappa shape index (κ1) is 13.7. The minimum atomic E-state index is -0.443. The van der Waals surface area contributed by atoms with Gasteiger partial charge in [-0.3, -0.25) is 10.1 Å². The van der Waals surface area contributed by atoms with Crippen LogP contribution in [0.3, 0.4) is 0 Å². The Hall–Kier alpha value is -1.37. The van der Waals surface area contributed by atoms with Crippen LogP contribution >= 0.6 is 11.8 Å². The van der Waals surface area contributed by atoms with E-state index in [1.54, 1.807) is 7.05 Å². The highest BCUT2D eigenvalue weighted by molar-refractivity contribution is 8.00. The maximum atomic E-state index is 11.0. The second-order valence-electron chi connectivity index (χ2n) is 3.95. The van der Waals surface area contributed by atoms with Crippen molar-refractivity contribution in [2.24, 2.45) is 5.92 Å². The Labute approximate surface area is 104 Å². The molecule has 0 aliphatic heterocycles. The van der Waals surface area contributed by atoms with Gasteiger partial charge in [-0.15, -0.1) is 0 Å². The Morgan fingerprint density at radius 2 is 2.06 bits per heavy atom. The van der Waals surface area contributed by atoms with Crippen LogP contribution in [0.25, 0.3) is 0 Å². The summed E-state index contributed by atoms with van der Waals surface area (Å²) in [5.41, 5.74) is -0.0486. The third-order valence-corrected chi connectivity index (χ3v) is 3.88. The van der Waals surface area contributed by atoms with Gasteiger partial charge < -0.3 is 5.32 Å². The number of nitrogens with one attached hydrogen (secondary N) is 1. The van der Waals surface area contributed by atoms with Crippen molar-refractivity contribution in [2.45, 2.75) is 31.0 Å². The van der Waals surface area contributed by atoms with Crippen molar-refractivity contribution in [2.75, 3.05) is 12.4 Å². The van der Waals surface area contributed by atoms with Gasteiger partial charge in [0.05, 0.1) is 4.92 Å². The third-order valence-electron chi connectivity index (χ3n) is 2.44. The summed E-state index contributed by atoms with van der Waals surface area (Å²) >= 11 is 1.40. The van der Waals surface area contributed by atoms with Crippen molar-refractivity contribution in [1.29, 1.82) is 0 Å². The molecule has 1 N–H and O–H groups in total. The Bertz CT molecular complexity index is 411. The van der Waals surface area contributed by atoms with Crippen LogP contribution in [0.5, 0.6) is 0 Å². The number of anilines is 1. The molecule has 0 saturated carbocycles. The molecule has 17 heavy (non-hydrogen) atoms. The number of nitro groups is 1. The van der Waals surface area contributed by atoms with E-state index in [4.69, 9.17) is 0 Å². The highest BCUT2D eigenvalue weighted by Crippen LogP contribution is 2.35. The van der Waals surface area contributed by atoms with Crippen LogP contribution in [0.1, 0.15) is 20.8 Å². The lowest BCUT2D eigenvalue weighted by Gasteiger charge is -2.14. The summed E-state index contributed by atoms with van der Waals surface area (Å²) in [5.74, 6) is 0.677. The van der Waals surface area contributed by atoms with Gasteiger partial charge in [0, 0.05) is 12.3 Å². The number of aromatic nitrogens is 2. The van der Waals surface area contributed by atoms with Gasteiger partial charge in [0.15, 0.2) is 5.03 Å². The van der Waals surface area contributed by atoms with Crippen molar-refractivity contribution >= 4 is 23.3 Å². The Balaban J connectivity index is 3.10. The first-order valence-corrected chi connectivity index (χ1v) is 6.19. The second-order valence-corrected chi connectivity index (χ2v) is 5.32. The van der Waals surface area contributed by atoms with Gasteiger partial charge in [-0.25, -0.2) is 9.97 Å². The maximum Gasteiger partial charge on any atom is 0.343 e. The van der Waals surface area contributed by atoms with E-state index in [-0.39, 0.29) is 16.8 Å². The first-order chi connectivity index (χ1) is 7.97. The fraction of sp³-hybridized carbons (Fsp3) is 0.600. The molecule has 0 fully saturated rings. The maximum absolute atomic E-state index is 11.0. The highest BCUT2D eigenvalue weighted by Gasteiger charge is 2.24. The van der Waals surface area contributed by atoms with E-state index >= 15 is 0 Å². The first-order valence-electron chi connectivity index (χ1n) is 5.31. The Kier molecular flexibility index (Phi) is 4.68. The third kappa shape index (κ3) is 3.29. The van der Waals surface area contributed by atoms with Crippen molar-refractivity contribution in [3.05, 3.63) is 16.4 Å². The number of nitrogens with zero attached hydrogens (tertiary/aromatic N) is 3. The van der Waals surface area contributed by atoms with Crippen LogP contribution in [0, 0.1) is 16.0 Å². The van der Waals surface area contributed by atoms with Gasteiger partial charge in [0.25, 0.3) is 0 Å². The number of hydrogen-bond donors (Lipinski definition) is 1. The van der Waals surface area contributed by atoms with E-state index in [2.05, 4.69) is 29.1 Å². The largest absolute Gasteiger partial charge is 0.367 e. The molecular formula is C10H16N4O2S. The molecule has 0 spiro atoms. The normalized spacial score (nSPS) is 12.5. The minimum Gasteiger partial charge on any atom is -0.367 e. The number of hydrogen-bond acceptors (Lipinski definition) is 6. The van der Waals surface area contributed by atoms with E-state index in [1.807, 2.05) is 6.92 Å². The molecule has 0 bridgehead atoms. The molecule has 1 aromatic rings. The minimum absolute atomic E-state index is 0.0486. The van der Waals surface area contributed by atoms with Crippen molar-refractivity contribution in [3.8, 4) is 0 Å². The van der Waals surface area contributed by atoms with E-state index in [9.17, 15) is 10.1 Å². The van der Waals surface area contributed by atoms with Gasteiger partial charge in [0.1, 0.15) is 6.33 Å². The summed E-state index contributed by atoms with van der Waals surface area (Å²) in [6.07, 6.45) is 1.34. The molecule has 1 atom stereocenters. The Morgan fingerprint density at radius 1 is 1.41 bits per heavy atom. The standard InChI is InChI=1S/C10H16N4O2S/c1-6(2)7(3)17-10-8(14(15)16)9(11-4)12-5-13-10/h5-7H,1-4H3,(H,11,12,13). The fourth-order valence-electron chi connectivity index (χ4n) is 1.11. The molecule has 7 heteroatoms. The van der Waals surface area contributed by atoms with Crippen molar-refractivity contribution in [3.63, 3.8) is 0 Å². The van der Waals surface area contributed by atoms with E-state index < -0.39 is 4.92 Å². The molecule has 94 valence electrons. The summed E-state index contributed by atoms with van der Waals surface area (Å²) in [6.45, 7) is 6.17. The smallest absolute Gasteiger partial charge is 0.343 e. The van der Waals surface area contributed by atoms with Crippen LogP contribution in [0.15, 0.2) is 11.4 Å². The van der Waals surface area contributed by atoms with Crippen LogP contribution in [0.2, 0.25) is 0 Å². The Morgan fingerprint density at radius 3 is 2.53 bits per heavy atom. The zero-order valence-electron chi connectivity index (χ0n) is 10.3. The predicted molar refractivity (Wildman–Crippen MR) is 68.4 cm³/mol. The summed E-state index contributed by atoms with van der Waals surface area (Å²) in [4.78, 5) is 18.4. The lowest BCUT2D eigenvalue weighted by molar-refractivity contribution is -0.387. The summed E-state index contributed by atoms with van der Waals surface area (Å²) in [6, 6.07) is 0. The van der Waals surface area contributed by atoms with Gasteiger partial charge in [0.2, 0.25) is 5.82 Å². The molecule has 0 aliphatic rings. The molecule has 1 heterocycles. The zero-order valence-corrected chi connectivity index (χ0v) is 11.1. The summed E-state index contributed by atoms with van der Waals surface area (Å²) in [7, 11) is 1.61.